The standard InChI is InChI=1S/C24H29BN4O2S/c1-4-18-22-21(24(31)28-12-32-18)19(20(23(27)30)17(29-22)9-13(2)3)15-5-6-16-14(10-15)7-8-25(16)11-26/h5-6,10,13,18-19,29H,4,7-9,12H2,1-3H3,(H2,27,30)(H,28,31). The smallest absolute Gasteiger partial charge is 0.300 e. The Labute approximate surface area is 194 Å². The first kappa shape index (κ1) is 22.5. The summed E-state index contributed by atoms with van der Waals surface area (Å²) in [6, 6.07) is 6.04. The van der Waals surface area contributed by atoms with Gasteiger partial charge in [-0.15, -0.1) is 11.8 Å². The number of nitrogens with one attached hydrogen (secondary N) is 2. The second-order valence-electron chi connectivity index (χ2n) is 9.13. The number of amides is 2. The molecule has 2 unspecified atom stereocenters. The number of rotatable bonds is 5. The lowest BCUT2D eigenvalue weighted by atomic mass is 9.47. The van der Waals surface area contributed by atoms with Gasteiger partial charge in [0.15, 0.2) is 0 Å². The van der Waals surface area contributed by atoms with Crippen molar-refractivity contribution in [3.8, 4) is 5.97 Å². The number of thioether (sulfide) groups is 1. The van der Waals surface area contributed by atoms with Crippen LogP contribution >= 0.6 is 11.8 Å². The molecule has 0 spiro atoms. The number of nitrogens with two attached hydrogens (primary N) is 1. The molecule has 8 heteroatoms. The molecule has 4 N–H and O–H groups in total. The molecule has 1 aromatic rings. The first-order valence-electron chi connectivity index (χ1n) is 11.3. The molecule has 32 heavy (non-hydrogen) atoms. The zero-order chi connectivity index (χ0) is 23.0. The number of primary amides is 1. The molecular formula is C24H29BN4O2S. The van der Waals surface area contributed by atoms with Gasteiger partial charge in [-0.05, 0) is 30.7 Å². The molecule has 0 bridgehead atoms. The molecule has 4 rings (SSSR count). The van der Waals surface area contributed by atoms with Crippen molar-refractivity contribution in [1.82, 2.24) is 10.6 Å². The normalized spacial score (nSPS) is 22.7. The van der Waals surface area contributed by atoms with E-state index in [1.54, 1.807) is 11.8 Å². The number of hydrogen-bond donors (Lipinski definition) is 3. The van der Waals surface area contributed by atoms with Crippen LogP contribution in [0.5, 0.6) is 0 Å². The number of nitrogens with zero attached hydrogens (tertiary/aromatic N) is 1. The minimum Gasteiger partial charge on any atom is -0.366 e. The summed E-state index contributed by atoms with van der Waals surface area (Å²) in [5, 5.41) is 16.1. The number of carbonyl (C=O) groups excluding carboxylic acids is 2. The van der Waals surface area contributed by atoms with Crippen molar-refractivity contribution < 1.29 is 9.59 Å². The maximum atomic E-state index is 13.3. The molecule has 2 amide bonds. The van der Waals surface area contributed by atoms with Gasteiger partial charge in [-0.1, -0.05) is 56.3 Å². The van der Waals surface area contributed by atoms with Gasteiger partial charge in [0, 0.05) is 39.7 Å². The van der Waals surface area contributed by atoms with Crippen molar-refractivity contribution in [2.45, 2.75) is 57.5 Å². The fraction of sp³-hybridized carbons (Fsp3) is 0.458. The van der Waals surface area contributed by atoms with Gasteiger partial charge in [-0.2, -0.15) is 0 Å². The molecule has 6 nitrogen and oxygen atoms in total. The molecule has 0 fully saturated rings. The van der Waals surface area contributed by atoms with Crippen LogP contribution in [0.1, 0.15) is 50.7 Å². The zero-order valence-corrected chi connectivity index (χ0v) is 19.6. The third-order valence-electron chi connectivity index (χ3n) is 6.54. The lowest BCUT2D eigenvalue weighted by Crippen LogP contribution is -2.39. The highest BCUT2D eigenvalue weighted by atomic mass is 32.2. The van der Waals surface area contributed by atoms with Crippen molar-refractivity contribution >= 4 is 35.8 Å². The van der Waals surface area contributed by atoms with Crippen LogP contribution < -0.4 is 21.8 Å². The van der Waals surface area contributed by atoms with Crippen molar-refractivity contribution in [1.29, 1.82) is 5.26 Å². The largest absolute Gasteiger partial charge is 0.366 e. The highest BCUT2D eigenvalue weighted by Gasteiger charge is 2.41. The first-order chi connectivity index (χ1) is 15.3. The molecule has 166 valence electrons. The summed E-state index contributed by atoms with van der Waals surface area (Å²) in [6.45, 7) is 6.23. The number of aryl methyl sites for hydroxylation is 1. The molecule has 3 heterocycles. The van der Waals surface area contributed by atoms with E-state index in [-0.39, 0.29) is 17.9 Å². The Morgan fingerprint density at radius 3 is 2.84 bits per heavy atom. The molecule has 3 aliphatic rings. The molecule has 3 aliphatic heterocycles. The van der Waals surface area contributed by atoms with Crippen molar-refractivity contribution in [3.63, 3.8) is 0 Å². The highest BCUT2D eigenvalue weighted by Crippen LogP contribution is 2.43. The predicted octanol–water partition coefficient (Wildman–Crippen LogP) is 2.33. The Balaban J connectivity index is 1.93. The SMILES string of the molecule is CCC1SCNC(=O)C2=C1NC(CC(C)C)=C(C(N)=O)C2c1ccc2c(c1)CCB2C#N. The summed E-state index contributed by atoms with van der Waals surface area (Å²) in [5.41, 5.74) is 11.8. The average Bonchev–Trinajstić information content (AvgIpc) is 3.10. The Morgan fingerprint density at radius 1 is 1.41 bits per heavy atom. The van der Waals surface area contributed by atoms with Crippen LogP contribution in [-0.4, -0.2) is 29.7 Å². The lowest BCUT2D eigenvalue weighted by Gasteiger charge is -2.34. The number of benzene rings is 1. The fourth-order valence-electron chi connectivity index (χ4n) is 5.13. The molecule has 1 aromatic carbocycles. The van der Waals surface area contributed by atoms with Crippen LogP contribution in [0, 0.1) is 17.1 Å². The summed E-state index contributed by atoms with van der Waals surface area (Å²) in [7, 11) is 0. The number of fused-ring (bicyclic) bond motifs is 1. The van der Waals surface area contributed by atoms with Crippen molar-refractivity contribution in [2.75, 3.05) is 5.88 Å². The average molecular weight is 448 g/mol. The monoisotopic (exact) mass is 448 g/mol. The Bertz CT molecular complexity index is 1070. The van der Waals surface area contributed by atoms with Gasteiger partial charge in [0.2, 0.25) is 5.91 Å². The van der Waals surface area contributed by atoms with Crippen LogP contribution in [0.4, 0.5) is 0 Å². The maximum absolute atomic E-state index is 13.3. The lowest BCUT2D eigenvalue weighted by molar-refractivity contribution is -0.117. The second-order valence-corrected chi connectivity index (χ2v) is 10.3. The van der Waals surface area contributed by atoms with E-state index < -0.39 is 11.8 Å². The molecular weight excluding hydrogens is 419 g/mol. The van der Waals surface area contributed by atoms with Crippen molar-refractivity contribution in [2.24, 2.45) is 11.7 Å². The predicted molar refractivity (Wildman–Crippen MR) is 129 cm³/mol. The number of allylic oxidation sites excluding steroid dienone is 1. The fourth-order valence-corrected chi connectivity index (χ4v) is 6.14. The molecule has 2 atom stereocenters. The minimum atomic E-state index is -0.517. The van der Waals surface area contributed by atoms with E-state index in [1.165, 1.54) is 0 Å². The van der Waals surface area contributed by atoms with E-state index in [2.05, 4.69) is 43.4 Å². The number of carbonyl (C=O) groups is 2. The van der Waals surface area contributed by atoms with Gasteiger partial charge < -0.3 is 16.4 Å². The summed E-state index contributed by atoms with van der Waals surface area (Å²) < 4.78 is 0. The van der Waals surface area contributed by atoms with Gasteiger partial charge >= 0.3 is 6.71 Å². The van der Waals surface area contributed by atoms with E-state index in [4.69, 9.17) is 5.73 Å². The third-order valence-corrected chi connectivity index (χ3v) is 7.83. The summed E-state index contributed by atoms with van der Waals surface area (Å²) >= 11 is 1.70. The molecule has 0 aliphatic carbocycles. The number of hydrogen-bond acceptors (Lipinski definition) is 5. The van der Waals surface area contributed by atoms with E-state index in [9.17, 15) is 14.9 Å². The van der Waals surface area contributed by atoms with Crippen molar-refractivity contribution in [3.05, 3.63) is 51.9 Å². The Kier molecular flexibility index (Phi) is 6.39. The van der Waals surface area contributed by atoms with E-state index in [1.807, 2.05) is 12.1 Å². The Hall–Kier alpha value is -2.66. The third kappa shape index (κ3) is 3.95. The van der Waals surface area contributed by atoms with Gasteiger partial charge in [0.25, 0.3) is 5.91 Å². The van der Waals surface area contributed by atoms with Crippen LogP contribution in [-0.2, 0) is 16.0 Å². The first-order valence-corrected chi connectivity index (χ1v) is 12.4. The number of dihydropyridines is 1. The molecule has 0 saturated carbocycles. The summed E-state index contributed by atoms with van der Waals surface area (Å²) in [4.78, 5) is 26.1. The summed E-state index contributed by atoms with van der Waals surface area (Å²) in [5.74, 6) is 2.05. The van der Waals surface area contributed by atoms with E-state index in [0.717, 1.165) is 47.1 Å². The van der Waals surface area contributed by atoms with Crippen LogP contribution in [0.3, 0.4) is 0 Å². The van der Waals surface area contributed by atoms with Gasteiger partial charge in [-0.3, -0.25) is 9.59 Å². The van der Waals surface area contributed by atoms with Gasteiger partial charge in [-0.25, -0.2) is 5.26 Å². The van der Waals surface area contributed by atoms with Gasteiger partial charge in [0.1, 0.15) is 0 Å². The Morgan fingerprint density at radius 2 is 2.19 bits per heavy atom. The van der Waals surface area contributed by atoms with Crippen LogP contribution in [0.15, 0.2) is 40.7 Å². The van der Waals surface area contributed by atoms with Gasteiger partial charge in [0.05, 0.1) is 5.88 Å². The van der Waals surface area contributed by atoms with Crippen LogP contribution in [0.25, 0.3) is 0 Å². The van der Waals surface area contributed by atoms with E-state index >= 15 is 0 Å². The topological polar surface area (TPSA) is 108 Å². The zero-order valence-electron chi connectivity index (χ0n) is 18.8. The number of nitriles is 1. The minimum absolute atomic E-state index is 0.0912. The maximum Gasteiger partial charge on any atom is 0.300 e. The molecule has 0 saturated heterocycles. The molecule has 0 radical (unpaired) electrons. The summed E-state index contributed by atoms with van der Waals surface area (Å²) in [6.07, 6.45) is 3.18. The highest BCUT2D eigenvalue weighted by molar-refractivity contribution is 8.00. The molecule has 0 aromatic heterocycles. The quantitative estimate of drug-likeness (QED) is 0.600. The second kappa shape index (κ2) is 9.07. The van der Waals surface area contributed by atoms with E-state index in [0.29, 0.717) is 29.4 Å². The van der Waals surface area contributed by atoms with Crippen LogP contribution in [0.2, 0.25) is 6.32 Å².